The number of fused-ring (bicyclic) bond motifs is 1. The number of aryl methyl sites for hydroxylation is 1. The Morgan fingerprint density at radius 3 is 2.66 bits per heavy atom. The summed E-state index contributed by atoms with van der Waals surface area (Å²) in [6.07, 6.45) is 7.17. The summed E-state index contributed by atoms with van der Waals surface area (Å²) < 4.78 is 0. The molecule has 5 rings (SSSR count). The zero-order chi connectivity index (χ0) is 22.1. The lowest BCUT2D eigenvalue weighted by atomic mass is 9.79. The fraction of sp³-hybridized carbons (Fsp3) is 0.259. The van der Waals surface area contributed by atoms with E-state index >= 15 is 0 Å². The molecule has 32 heavy (non-hydrogen) atoms. The van der Waals surface area contributed by atoms with Gasteiger partial charge in [-0.3, -0.25) is 4.79 Å². The molecule has 0 bridgehead atoms. The molecule has 2 aromatic heterocycles. The molecule has 0 unspecified atom stereocenters. The van der Waals surface area contributed by atoms with Crippen molar-refractivity contribution in [3.8, 4) is 11.3 Å². The van der Waals surface area contributed by atoms with Crippen molar-refractivity contribution in [3.05, 3.63) is 88.7 Å². The number of amides is 1. The highest BCUT2D eigenvalue weighted by molar-refractivity contribution is 6.30. The molecule has 2 heterocycles. The number of aromatic nitrogens is 2. The Hall–Kier alpha value is -3.11. The molecule has 2 aromatic carbocycles. The summed E-state index contributed by atoms with van der Waals surface area (Å²) in [6, 6.07) is 19.6. The van der Waals surface area contributed by atoms with Crippen molar-refractivity contribution in [1.29, 1.82) is 0 Å². The maximum atomic E-state index is 13.1. The molecule has 0 atom stereocenters. The lowest BCUT2D eigenvalue weighted by molar-refractivity contribution is 0.0863. The number of pyridine rings is 1. The number of aromatic amines is 1. The van der Waals surface area contributed by atoms with Crippen molar-refractivity contribution >= 4 is 28.4 Å². The van der Waals surface area contributed by atoms with Crippen LogP contribution < -0.4 is 5.32 Å². The average Bonchev–Trinajstić information content (AvgIpc) is 3.31. The molecule has 1 aliphatic carbocycles. The van der Waals surface area contributed by atoms with E-state index in [-0.39, 0.29) is 5.91 Å². The number of hydrogen-bond acceptors (Lipinski definition) is 2. The molecule has 1 fully saturated rings. The minimum absolute atomic E-state index is 0.0924. The van der Waals surface area contributed by atoms with Crippen molar-refractivity contribution in [2.24, 2.45) is 0 Å². The first-order valence-electron chi connectivity index (χ1n) is 11.2. The third kappa shape index (κ3) is 3.91. The van der Waals surface area contributed by atoms with E-state index in [0.717, 1.165) is 48.2 Å². The minimum Gasteiger partial charge on any atom is -0.362 e. The van der Waals surface area contributed by atoms with Gasteiger partial charge >= 0.3 is 0 Å². The number of halogens is 1. The summed E-state index contributed by atoms with van der Waals surface area (Å²) in [5.74, 6) is -0.0924. The van der Waals surface area contributed by atoms with Crippen LogP contribution in [0.25, 0.3) is 22.2 Å². The Morgan fingerprint density at radius 2 is 1.84 bits per heavy atom. The number of nitrogens with one attached hydrogen (secondary N) is 2. The monoisotopic (exact) mass is 443 g/mol. The van der Waals surface area contributed by atoms with Crippen LogP contribution in [0.5, 0.6) is 0 Å². The van der Waals surface area contributed by atoms with E-state index in [4.69, 9.17) is 16.6 Å². The highest BCUT2D eigenvalue weighted by Gasteiger charge is 2.37. The number of para-hydroxylation sites is 1. The topological polar surface area (TPSA) is 57.8 Å². The quantitative estimate of drug-likeness (QED) is 0.365. The second kappa shape index (κ2) is 8.44. The second-order valence-corrected chi connectivity index (χ2v) is 9.19. The largest absolute Gasteiger partial charge is 0.362 e. The first kappa shape index (κ1) is 20.8. The first-order chi connectivity index (χ1) is 15.5. The average molecular weight is 444 g/mol. The Bertz CT molecular complexity index is 1290. The van der Waals surface area contributed by atoms with E-state index in [2.05, 4.69) is 35.4 Å². The summed E-state index contributed by atoms with van der Waals surface area (Å²) in [5, 5.41) is 5.08. The van der Waals surface area contributed by atoms with Gasteiger partial charge in [0.05, 0.1) is 16.7 Å². The van der Waals surface area contributed by atoms with Gasteiger partial charge in [0, 0.05) is 33.4 Å². The Kier molecular flexibility index (Phi) is 5.48. The number of nitrogens with zero attached hydrogens (tertiary/aromatic N) is 1. The van der Waals surface area contributed by atoms with Gasteiger partial charge in [0.1, 0.15) is 0 Å². The zero-order valence-corrected chi connectivity index (χ0v) is 18.9. The van der Waals surface area contributed by atoms with Crippen LogP contribution in [0, 0.1) is 6.92 Å². The van der Waals surface area contributed by atoms with E-state index < -0.39 is 5.54 Å². The van der Waals surface area contributed by atoms with Gasteiger partial charge in [-0.25, -0.2) is 4.98 Å². The molecule has 0 aliphatic heterocycles. The van der Waals surface area contributed by atoms with Crippen LogP contribution in [-0.4, -0.2) is 15.9 Å². The van der Waals surface area contributed by atoms with Gasteiger partial charge in [0.2, 0.25) is 0 Å². The second-order valence-electron chi connectivity index (χ2n) is 8.75. The van der Waals surface area contributed by atoms with Crippen molar-refractivity contribution in [3.63, 3.8) is 0 Å². The van der Waals surface area contributed by atoms with Crippen LogP contribution >= 0.6 is 11.6 Å². The van der Waals surface area contributed by atoms with Crippen LogP contribution in [-0.2, 0) is 5.54 Å². The van der Waals surface area contributed by atoms with Crippen LogP contribution in [0.1, 0.15) is 53.7 Å². The molecule has 4 nitrogen and oxygen atoms in total. The van der Waals surface area contributed by atoms with Crippen molar-refractivity contribution in [2.75, 3.05) is 0 Å². The number of hydrogen-bond donors (Lipinski definition) is 2. The molecule has 0 spiro atoms. The maximum absolute atomic E-state index is 13.1. The zero-order valence-electron chi connectivity index (χ0n) is 18.1. The van der Waals surface area contributed by atoms with Gasteiger partial charge in [-0.1, -0.05) is 55.1 Å². The summed E-state index contributed by atoms with van der Waals surface area (Å²) in [4.78, 5) is 21.5. The number of H-pyrrole nitrogens is 1. The molecule has 162 valence electrons. The Balaban J connectivity index is 1.50. The summed E-state index contributed by atoms with van der Waals surface area (Å²) in [5.41, 5.74) is 5.38. The van der Waals surface area contributed by atoms with Gasteiger partial charge in [-0.05, 0) is 61.7 Å². The maximum Gasteiger partial charge on any atom is 0.252 e. The van der Waals surface area contributed by atoms with E-state index in [1.807, 2.05) is 30.5 Å². The molecule has 0 saturated heterocycles. The molecular weight excluding hydrogens is 418 g/mol. The van der Waals surface area contributed by atoms with Crippen LogP contribution in [0.3, 0.4) is 0 Å². The Morgan fingerprint density at radius 1 is 1.03 bits per heavy atom. The predicted molar refractivity (Wildman–Crippen MR) is 130 cm³/mol. The lowest BCUT2D eigenvalue weighted by Gasteiger charge is -2.37. The minimum atomic E-state index is -0.415. The van der Waals surface area contributed by atoms with Crippen LogP contribution in [0.4, 0.5) is 0 Å². The SMILES string of the molecule is Cc1cc(-c2c[nH]c(C3(NC(=O)c4cccc(Cl)c4)CCCCC3)c2)nc2ccccc12. The third-order valence-electron chi connectivity index (χ3n) is 6.56. The molecule has 2 N–H and O–H groups in total. The standard InChI is InChI=1S/C27H26ClN3O/c1-18-14-24(30-23-11-4-3-10-22(18)23)20-16-25(29-17-20)27(12-5-2-6-13-27)31-26(32)19-8-7-9-21(28)15-19/h3-4,7-11,14-17,29H,2,5-6,12-13H2,1H3,(H,31,32). The number of carbonyl (C=O) groups excluding carboxylic acids is 1. The van der Waals surface area contributed by atoms with E-state index in [1.165, 1.54) is 17.4 Å². The number of rotatable bonds is 4. The smallest absolute Gasteiger partial charge is 0.252 e. The molecule has 5 heteroatoms. The predicted octanol–water partition coefficient (Wildman–Crippen LogP) is 6.78. The fourth-order valence-corrected chi connectivity index (χ4v) is 5.04. The molecule has 1 amide bonds. The fourth-order valence-electron chi connectivity index (χ4n) is 4.85. The van der Waals surface area contributed by atoms with Gasteiger partial charge in [-0.2, -0.15) is 0 Å². The molecule has 0 radical (unpaired) electrons. The lowest BCUT2D eigenvalue weighted by Crippen LogP contribution is -2.47. The van der Waals surface area contributed by atoms with Crippen LogP contribution in [0.2, 0.25) is 5.02 Å². The summed E-state index contributed by atoms with van der Waals surface area (Å²) in [7, 11) is 0. The van der Waals surface area contributed by atoms with Gasteiger partial charge in [0.25, 0.3) is 5.91 Å². The highest BCUT2D eigenvalue weighted by Crippen LogP contribution is 2.38. The molecule has 4 aromatic rings. The van der Waals surface area contributed by atoms with Crippen molar-refractivity contribution in [1.82, 2.24) is 15.3 Å². The highest BCUT2D eigenvalue weighted by atomic mass is 35.5. The summed E-state index contributed by atoms with van der Waals surface area (Å²) >= 11 is 6.12. The summed E-state index contributed by atoms with van der Waals surface area (Å²) in [6.45, 7) is 2.12. The number of carbonyl (C=O) groups is 1. The number of benzene rings is 2. The first-order valence-corrected chi connectivity index (χ1v) is 11.6. The molecular formula is C27H26ClN3O. The van der Waals surface area contributed by atoms with Crippen LogP contribution in [0.15, 0.2) is 66.9 Å². The molecule has 1 saturated carbocycles. The third-order valence-corrected chi connectivity index (χ3v) is 6.80. The molecule has 1 aliphatic rings. The van der Waals surface area contributed by atoms with Gasteiger partial charge in [-0.15, -0.1) is 0 Å². The van der Waals surface area contributed by atoms with Crippen molar-refractivity contribution in [2.45, 2.75) is 44.6 Å². The Labute approximate surface area is 193 Å². The normalized spacial score (nSPS) is 15.6. The van der Waals surface area contributed by atoms with E-state index in [9.17, 15) is 4.79 Å². The van der Waals surface area contributed by atoms with E-state index in [0.29, 0.717) is 10.6 Å². The van der Waals surface area contributed by atoms with Crippen molar-refractivity contribution < 1.29 is 4.79 Å². The van der Waals surface area contributed by atoms with Gasteiger partial charge < -0.3 is 10.3 Å². The van der Waals surface area contributed by atoms with Gasteiger partial charge in [0.15, 0.2) is 0 Å². The van der Waals surface area contributed by atoms with E-state index in [1.54, 1.807) is 18.2 Å².